The molecule has 2 aromatic carbocycles. The highest BCUT2D eigenvalue weighted by Gasteiger charge is 2.38. The molecule has 0 fully saturated rings. The summed E-state index contributed by atoms with van der Waals surface area (Å²) in [5, 5.41) is 4.45. The van der Waals surface area contributed by atoms with Crippen LogP contribution in [0.4, 0.5) is 5.69 Å². The van der Waals surface area contributed by atoms with E-state index in [0.717, 1.165) is 22.7 Å². The van der Waals surface area contributed by atoms with Crippen LogP contribution in [0, 0.1) is 5.92 Å². The fourth-order valence-electron chi connectivity index (χ4n) is 3.99. The summed E-state index contributed by atoms with van der Waals surface area (Å²) in [5.74, 6) is 0.839. The summed E-state index contributed by atoms with van der Waals surface area (Å²) in [5.41, 5.74) is 4.33. The average Bonchev–Trinajstić information content (AvgIpc) is 3.10. The minimum Gasteiger partial charge on any atom is -0.378 e. The van der Waals surface area contributed by atoms with Crippen LogP contribution in [0.5, 0.6) is 0 Å². The number of nitrogens with one attached hydrogen (secondary N) is 1. The van der Waals surface area contributed by atoms with Crippen LogP contribution in [0.25, 0.3) is 0 Å². The number of hydrogen-bond donors (Lipinski definition) is 1. The Hall–Kier alpha value is -2.26. The van der Waals surface area contributed by atoms with Gasteiger partial charge in [0.05, 0.1) is 6.04 Å². The highest BCUT2D eigenvalue weighted by atomic mass is 35.5. The van der Waals surface area contributed by atoms with Gasteiger partial charge in [-0.05, 0) is 53.8 Å². The van der Waals surface area contributed by atoms with E-state index in [2.05, 4.69) is 35.7 Å². The summed E-state index contributed by atoms with van der Waals surface area (Å²) >= 11 is 6.05. The molecule has 3 unspecified atom stereocenters. The quantitative estimate of drug-likeness (QED) is 0.782. The van der Waals surface area contributed by atoms with Crippen LogP contribution in [-0.2, 0) is 0 Å². The molecule has 0 saturated heterocycles. The molecule has 0 saturated carbocycles. The van der Waals surface area contributed by atoms with E-state index in [1.807, 2.05) is 24.3 Å². The number of carbonyl (C=O) groups excluding carboxylic acids is 1. The van der Waals surface area contributed by atoms with Gasteiger partial charge in [-0.1, -0.05) is 35.9 Å². The highest BCUT2D eigenvalue weighted by Crippen LogP contribution is 2.50. The number of amides is 1. The second-order valence-electron chi connectivity index (χ2n) is 7.03. The molecule has 2 aliphatic rings. The molecule has 3 nitrogen and oxygen atoms in total. The summed E-state index contributed by atoms with van der Waals surface area (Å²) in [7, 11) is 3.57. The van der Waals surface area contributed by atoms with Crippen LogP contribution in [0.15, 0.2) is 54.6 Å². The van der Waals surface area contributed by atoms with Gasteiger partial charge in [-0.2, -0.15) is 0 Å². The molecule has 0 aromatic heterocycles. The Kier molecular flexibility index (Phi) is 4.04. The molecule has 128 valence electrons. The first kappa shape index (κ1) is 16.2. The number of fused-ring (bicyclic) bond motifs is 3. The maximum atomic E-state index is 12.3. The molecule has 4 heteroatoms. The predicted molar refractivity (Wildman–Crippen MR) is 102 cm³/mol. The molecule has 0 bridgehead atoms. The van der Waals surface area contributed by atoms with Gasteiger partial charge in [-0.3, -0.25) is 4.79 Å². The maximum Gasteiger partial charge on any atom is 0.253 e. The van der Waals surface area contributed by atoms with E-state index in [9.17, 15) is 4.79 Å². The smallest absolute Gasteiger partial charge is 0.253 e. The average molecular weight is 353 g/mol. The third-order valence-electron chi connectivity index (χ3n) is 5.25. The lowest BCUT2D eigenvalue weighted by Crippen LogP contribution is -2.29. The van der Waals surface area contributed by atoms with Crippen molar-refractivity contribution < 1.29 is 4.79 Å². The molecule has 3 atom stereocenters. The van der Waals surface area contributed by atoms with Gasteiger partial charge in [0, 0.05) is 36.3 Å². The van der Waals surface area contributed by atoms with Gasteiger partial charge in [-0.15, -0.1) is 0 Å². The zero-order valence-corrected chi connectivity index (χ0v) is 15.1. The number of hydrogen-bond acceptors (Lipinski definition) is 2. The predicted octanol–water partition coefficient (Wildman–Crippen LogP) is 4.87. The van der Waals surface area contributed by atoms with Crippen molar-refractivity contribution in [3.63, 3.8) is 0 Å². The van der Waals surface area contributed by atoms with Gasteiger partial charge in [0.2, 0.25) is 0 Å². The summed E-state index contributed by atoms with van der Waals surface area (Å²) < 4.78 is 0. The van der Waals surface area contributed by atoms with Gasteiger partial charge in [0.25, 0.3) is 5.91 Å². The molecular weight excluding hydrogens is 332 g/mol. The number of nitrogens with zero attached hydrogens (tertiary/aromatic N) is 1. The van der Waals surface area contributed by atoms with Crippen LogP contribution in [0.3, 0.4) is 0 Å². The summed E-state index contributed by atoms with van der Waals surface area (Å²) in [6, 6.07) is 14.4. The molecule has 1 N–H and O–H groups in total. The summed E-state index contributed by atoms with van der Waals surface area (Å²) in [6.45, 7) is 0. The van der Waals surface area contributed by atoms with E-state index in [0.29, 0.717) is 11.8 Å². The highest BCUT2D eigenvalue weighted by molar-refractivity contribution is 6.30. The lowest BCUT2D eigenvalue weighted by atomic mass is 9.76. The Balaban J connectivity index is 1.73. The van der Waals surface area contributed by atoms with E-state index in [1.54, 1.807) is 19.0 Å². The van der Waals surface area contributed by atoms with Crippen molar-refractivity contribution in [2.45, 2.75) is 18.4 Å². The zero-order valence-electron chi connectivity index (χ0n) is 14.4. The van der Waals surface area contributed by atoms with Gasteiger partial charge in [-0.25, -0.2) is 0 Å². The van der Waals surface area contributed by atoms with E-state index >= 15 is 0 Å². The number of rotatable bonds is 2. The largest absolute Gasteiger partial charge is 0.378 e. The first-order valence-corrected chi connectivity index (χ1v) is 8.96. The Morgan fingerprint density at radius 2 is 1.92 bits per heavy atom. The second-order valence-corrected chi connectivity index (χ2v) is 7.47. The van der Waals surface area contributed by atoms with Crippen LogP contribution in [-0.4, -0.2) is 24.9 Å². The van der Waals surface area contributed by atoms with Crippen molar-refractivity contribution in [2.75, 3.05) is 19.4 Å². The van der Waals surface area contributed by atoms with Crippen LogP contribution in [0.2, 0.25) is 5.02 Å². The van der Waals surface area contributed by atoms with Crippen molar-refractivity contribution in [1.82, 2.24) is 4.90 Å². The van der Waals surface area contributed by atoms with Gasteiger partial charge in [0.15, 0.2) is 0 Å². The molecule has 1 amide bonds. The third-order valence-corrected chi connectivity index (χ3v) is 5.50. The molecule has 1 aliphatic heterocycles. The van der Waals surface area contributed by atoms with Crippen LogP contribution >= 0.6 is 11.6 Å². The van der Waals surface area contributed by atoms with Crippen molar-refractivity contribution in [3.8, 4) is 0 Å². The number of benzene rings is 2. The molecule has 1 heterocycles. The minimum absolute atomic E-state index is 0.0427. The first-order chi connectivity index (χ1) is 12.0. The molecule has 2 aromatic rings. The van der Waals surface area contributed by atoms with Crippen LogP contribution < -0.4 is 5.32 Å². The number of allylic oxidation sites excluding steroid dienone is 2. The van der Waals surface area contributed by atoms with Crippen molar-refractivity contribution in [1.29, 1.82) is 0 Å². The number of anilines is 1. The fourth-order valence-corrected chi connectivity index (χ4v) is 4.11. The summed E-state index contributed by atoms with van der Waals surface area (Å²) in [6.07, 6.45) is 5.59. The number of carbonyl (C=O) groups is 1. The minimum atomic E-state index is 0.0427. The Labute approximate surface area is 153 Å². The molecule has 0 spiro atoms. The van der Waals surface area contributed by atoms with Crippen molar-refractivity contribution in [2.24, 2.45) is 5.92 Å². The standard InChI is InChI=1S/C21H21ClN2O/c1-24(2)21(25)14-8-11-19-18(12-14)16-4-3-5-17(16)20(23-19)13-6-9-15(22)10-7-13/h3-4,6-12,16-17,20,23H,5H2,1-2H3. The molecule has 4 rings (SSSR count). The van der Waals surface area contributed by atoms with Crippen molar-refractivity contribution >= 4 is 23.2 Å². The SMILES string of the molecule is CN(C)C(=O)c1ccc2c(c1)C1C=CCC1C(c1ccc(Cl)cc1)N2. The monoisotopic (exact) mass is 352 g/mol. The van der Waals surface area contributed by atoms with E-state index < -0.39 is 0 Å². The topological polar surface area (TPSA) is 32.3 Å². The van der Waals surface area contributed by atoms with E-state index in [-0.39, 0.29) is 11.9 Å². The van der Waals surface area contributed by atoms with Crippen LogP contribution in [0.1, 0.15) is 39.9 Å². The summed E-state index contributed by atoms with van der Waals surface area (Å²) in [4.78, 5) is 13.9. The maximum absolute atomic E-state index is 12.3. The number of halogens is 1. The Bertz CT molecular complexity index is 841. The molecule has 0 radical (unpaired) electrons. The lowest BCUT2D eigenvalue weighted by Gasteiger charge is -2.37. The normalized spacial score (nSPS) is 23.6. The van der Waals surface area contributed by atoms with Gasteiger partial charge in [0.1, 0.15) is 0 Å². The van der Waals surface area contributed by atoms with Gasteiger partial charge >= 0.3 is 0 Å². The molecule has 25 heavy (non-hydrogen) atoms. The second kappa shape index (κ2) is 6.23. The van der Waals surface area contributed by atoms with E-state index in [4.69, 9.17) is 11.6 Å². The Morgan fingerprint density at radius 3 is 2.64 bits per heavy atom. The van der Waals surface area contributed by atoms with Crippen molar-refractivity contribution in [3.05, 3.63) is 76.3 Å². The third kappa shape index (κ3) is 2.83. The van der Waals surface area contributed by atoms with E-state index in [1.165, 1.54) is 11.1 Å². The molecular formula is C21H21ClN2O. The zero-order chi connectivity index (χ0) is 17.6. The molecule has 1 aliphatic carbocycles. The fraction of sp³-hybridized carbons (Fsp3) is 0.286. The Morgan fingerprint density at radius 1 is 1.16 bits per heavy atom. The lowest BCUT2D eigenvalue weighted by molar-refractivity contribution is 0.0827. The first-order valence-electron chi connectivity index (χ1n) is 8.59. The van der Waals surface area contributed by atoms with Gasteiger partial charge < -0.3 is 10.2 Å².